The Labute approximate surface area is 143 Å². The molecule has 0 fully saturated rings. The summed E-state index contributed by atoms with van der Waals surface area (Å²) in [5, 5.41) is 18.3. The number of carbonyl (C=O) groups is 1. The van der Waals surface area contributed by atoms with Gasteiger partial charge in [-0.1, -0.05) is 12.1 Å². The Bertz CT molecular complexity index is 829. The molecule has 124 valence electrons. The zero-order valence-electron chi connectivity index (χ0n) is 13.3. The van der Waals surface area contributed by atoms with E-state index in [9.17, 15) is 4.79 Å². The van der Waals surface area contributed by atoms with Crippen LogP contribution >= 0.6 is 11.3 Å². The molecule has 3 aromatic rings. The van der Waals surface area contributed by atoms with Crippen LogP contribution in [-0.2, 0) is 6.54 Å². The van der Waals surface area contributed by atoms with Crippen LogP contribution in [-0.4, -0.2) is 28.4 Å². The molecule has 8 heteroatoms. The Balaban J connectivity index is 1.75. The number of H-pyrrole nitrogens is 1. The number of rotatable bonds is 6. The minimum atomic E-state index is -0.300. The smallest absolute Gasteiger partial charge is 0.276 e. The van der Waals surface area contributed by atoms with E-state index in [1.54, 1.807) is 18.4 Å². The van der Waals surface area contributed by atoms with Gasteiger partial charge in [-0.25, -0.2) is 0 Å². The predicted octanol–water partition coefficient (Wildman–Crippen LogP) is 2.86. The molecule has 0 saturated carbocycles. The summed E-state index contributed by atoms with van der Waals surface area (Å²) in [5.74, 6) is 0.711. The third kappa shape index (κ3) is 3.54. The van der Waals surface area contributed by atoms with Crippen LogP contribution in [0.5, 0.6) is 5.75 Å². The van der Waals surface area contributed by atoms with E-state index < -0.39 is 0 Å². The van der Waals surface area contributed by atoms with E-state index in [0.717, 1.165) is 16.1 Å². The van der Waals surface area contributed by atoms with Crippen LogP contribution in [0, 0.1) is 6.92 Å². The highest BCUT2D eigenvalue weighted by Gasteiger charge is 2.17. The zero-order valence-corrected chi connectivity index (χ0v) is 14.1. The topological polar surface area (TPSA) is 91.9 Å². The van der Waals surface area contributed by atoms with Gasteiger partial charge in [0.05, 0.1) is 19.3 Å². The van der Waals surface area contributed by atoms with Crippen LogP contribution in [0.15, 0.2) is 35.7 Å². The Hall–Kier alpha value is -2.87. The van der Waals surface area contributed by atoms with Gasteiger partial charge >= 0.3 is 0 Å². The number of hydrogen-bond donors (Lipinski definition) is 3. The largest absolute Gasteiger partial charge is 0.495 e. The molecule has 0 aliphatic heterocycles. The molecule has 1 aromatic carbocycles. The number of nitrogens with zero attached hydrogens (tertiary/aromatic N) is 2. The number of amides is 1. The number of nitrogens with one attached hydrogen (secondary N) is 3. The number of aromatic amines is 1. The van der Waals surface area contributed by atoms with Gasteiger partial charge in [0.1, 0.15) is 5.75 Å². The SMILES string of the molecule is COc1ccc(C)cc1Nc1n[nH]nc1C(=O)NCc1cccs1. The highest BCUT2D eigenvalue weighted by atomic mass is 32.1. The molecule has 0 unspecified atom stereocenters. The third-order valence-corrected chi connectivity index (χ3v) is 4.25. The van der Waals surface area contributed by atoms with Crippen molar-refractivity contribution in [1.82, 2.24) is 20.7 Å². The summed E-state index contributed by atoms with van der Waals surface area (Å²) < 4.78 is 5.33. The van der Waals surface area contributed by atoms with E-state index >= 15 is 0 Å². The highest BCUT2D eigenvalue weighted by molar-refractivity contribution is 7.09. The minimum absolute atomic E-state index is 0.204. The molecule has 1 amide bonds. The van der Waals surface area contributed by atoms with Crippen molar-refractivity contribution in [1.29, 1.82) is 0 Å². The molecule has 2 heterocycles. The molecule has 2 aromatic heterocycles. The Morgan fingerprint density at radius 3 is 2.96 bits per heavy atom. The number of benzene rings is 1. The number of carbonyl (C=O) groups excluding carboxylic acids is 1. The lowest BCUT2D eigenvalue weighted by molar-refractivity contribution is 0.0947. The summed E-state index contributed by atoms with van der Waals surface area (Å²) in [4.78, 5) is 13.4. The van der Waals surface area contributed by atoms with E-state index in [4.69, 9.17) is 4.74 Å². The van der Waals surface area contributed by atoms with Crippen LogP contribution in [0.2, 0.25) is 0 Å². The van der Waals surface area contributed by atoms with Crippen molar-refractivity contribution in [3.63, 3.8) is 0 Å². The molecule has 3 N–H and O–H groups in total. The Morgan fingerprint density at radius 2 is 2.21 bits per heavy atom. The molecule has 0 aliphatic rings. The van der Waals surface area contributed by atoms with Gasteiger partial charge in [0, 0.05) is 4.88 Å². The third-order valence-electron chi connectivity index (χ3n) is 3.37. The fourth-order valence-corrected chi connectivity index (χ4v) is 2.83. The van der Waals surface area contributed by atoms with Gasteiger partial charge in [0.2, 0.25) is 0 Å². The minimum Gasteiger partial charge on any atom is -0.495 e. The normalized spacial score (nSPS) is 10.4. The average molecular weight is 343 g/mol. The Kier molecular flexibility index (Phi) is 4.76. The second-order valence-electron chi connectivity index (χ2n) is 5.11. The lowest BCUT2D eigenvalue weighted by atomic mass is 10.2. The molecule has 0 radical (unpaired) electrons. The number of thiophene rings is 1. The Morgan fingerprint density at radius 1 is 1.33 bits per heavy atom. The molecule has 0 saturated heterocycles. The van der Waals surface area contributed by atoms with Gasteiger partial charge in [-0.05, 0) is 36.1 Å². The standard InChI is InChI=1S/C16H17N5O2S/c1-10-5-6-13(23-2)12(8-10)18-15-14(19-21-20-15)16(22)17-9-11-4-3-7-24-11/h3-8H,9H2,1-2H3,(H,17,22)(H2,18,19,20,21). The van der Waals surface area contributed by atoms with E-state index in [-0.39, 0.29) is 11.6 Å². The summed E-state index contributed by atoms with van der Waals surface area (Å²) in [6.45, 7) is 2.43. The summed E-state index contributed by atoms with van der Waals surface area (Å²) in [7, 11) is 1.59. The molecule has 24 heavy (non-hydrogen) atoms. The molecule has 0 bridgehead atoms. The molecule has 7 nitrogen and oxygen atoms in total. The number of ether oxygens (including phenoxy) is 1. The zero-order chi connectivity index (χ0) is 16.9. The number of hydrogen-bond acceptors (Lipinski definition) is 6. The lowest BCUT2D eigenvalue weighted by Gasteiger charge is -2.11. The van der Waals surface area contributed by atoms with Crippen LogP contribution in [0.3, 0.4) is 0 Å². The second-order valence-corrected chi connectivity index (χ2v) is 6.14. The van der Waals surface area contributed by atoms with Crippen LogP contribution in [0.1, 0.15) is 20.9 Å². The first-order valence-corrected chi connectivity index (χ1v) is 8.18. The van der Waals surface area contributed by atoms with Gasteiger partial charge in [0.15, 0.2) is 11.5 Å². The highest BCUT2D eigenvalue weighted by Crippen LogP contribution is 2.28. The maximum atomic E-state index is 12.3. The van der Waals surface area contributed by atoms with Crippen molar-refractivity contribution >= 4 is 28.7 Å². The average Bonchev–Trinajstić information content (AvgIpc) is 3.24. The maximum absolute atomic E-state index is 12.3. The summed E-state index contributed by atoms with van der Waals surface area (Å²) in [5.41, 5.74) is 1.99. The van der Waals surface area contributed by atoms with Crippen LogP contribution in [0.4, 0.5) is 11.5 Å². The first kappa shape index (κ1) is 16.0. The fraction of sp³-hybridized carbons (Fsp3) is 0.188. The van der Waals surface area contributed by atoms with E-state index in [0.29, 0.717) is 18.1 Å². The van der Waals surface area contributed by atoms with Gasteiger partial charge in [-0.15, -0.1) is 21.5 Å². The molecular weight excluding hydrogens is 326 g/mol. The van der Waals surface area contributed by atoms with E-state index in [1.807, 2.05) is 42.6 Å². The lowest BCUT2D eigenvalue weighted by Crippen LogP contribution is -2.23. The number of aryl methyl sites for hydroxylation is 1. The number of methoxy groups -OCH3 is 1. The van der Waals surface area contributed by atoms with Gasteiger partial charge < -0.3 is 15.4 Å². The first-order chi connectivity index (χ1) is 11.7. The number of anilines is 2. The molecule has 3 rings (SSSR count). The van der Waals surface area contributed by atoms with Gasteiger partial charge in [0.25, 0.3) is 5.91 Å². The van der Waals surface area contributed by atoms with Gasteiger partial charge in [-0.2, -0.15) is 5.21 Å². The molecular formula is C16H17N5O2S. The van der Waals surface area contributed by atoms with Crippen molar-refractivity contribution in [2.45, 2.75) is 13.5 Å². The quantitative estimate of drug-likeness (QED) is 0.640. The monoisotopic (exact) mass is 343 g/mol. The molecule has 0 aliphatic carbocycles. The van der Waals surface area contributed by atoms with Crippen molar-refractivity contribution in [3.8, 4) is 5.75 Å². The maximum Gasteiger partial charge on any atom is 0.276 e. The van der Waals surface area contributed by atoms with Crippen molar-refractivity contribution in [2.24, 2.45) is 0 Å². The molecule has 0 atom stereocenters. The van der Waals surface area contributed by atoms with Crippen LogP contribution < -0.4 is 15.4 Å². The molecule has 0 spiro atoms. The van der Waals surface area contributed by atoms with Crippen LogP contribution in [0.25, 0.3) is 0 Å². The van der Waals surface area contributed by atoms with E-state index in [2.05, 4.69) is 26.0 Å². The predicted molar refractivity (Wildman–Crippen MR) is 92.9 cm³/mol. The van der Waals surface area contributed by atoms with Crippen molar-refractivity contribution in [3.05, 3.63) is 51.8 Å². The van der Waals surface area contributed by atoms with Crippen molar-refractivity contribution < 1.29 is 9.53 Å². The fourth-order valence-electron chi connectivity index (χ4n) is 2.19. The first-order valence-electron chi connectivity index (χ1n) is 7.30. The summed E-state index contributed by atoms with van der Waals surface area (Å²) in [6, 6.07) is 9.63. The number of aromatic nitrogens is 3. The summed E-state index contributed by atoms with van der Waals surface area (Å²) in [6.07, 6.45) is 0. The second kappa shape index (κ2) is 7.14. The van der Waals surface area contributed by atoms with E-state index in [1.165, 1.54) is 0 Å². The van der Waals surface area contributed by atoms with Crippen molar-refractivity contribution in [2.75, 3.05) is 12.4 Å². The van der Waals surface area contributed by atoms with Gasteiger partial charge in [-0.3, -0.25) is 4.79 Å². The summed E-state index contributed by atoms with van der Waals surface area (Å²) >= 11 is 1.58.